The maximum atomic E-state index is 12.5. The zero-order chi connectivity index (χ0) is 20.9. The normalized spacial score (nSPS) is 11.0. The molecule has 5 nitrogen and oxygen atoms in total. The Morgan fingerprint density at radius 1 is 1.10 bits per heavy atom. The van der Waals surface area contributed by atoms with E-state index in [0.717, 1.165) is 37.8 Å². The van der Waals surface area contributed by atoms with Crippen LogP contribution in [0.1, 0.15) is 13.8 Å². The van der Waals surface area contributed by atoms with Gasteiger partial charge in [-0.25, -0.2) is 9.97 Å². The predicted octanol–water partition coefficient (Wildman–Crippen LogP) is 5.88. The van der Waals surface area contributed by atoms with Crippen LogP contribution in [0, 0.1) is 0 Å². The summed E-state index contributed by atoms with van der Waals surface area (Å²) < 4.78 is 5.63. The summed E-state index contributed by atoms with van der Waals surface area (Å²) in [5.41, 5.74) is 2.96. The van der Waals surface area contributed by atoms with E-state index in [1.54, 1.807) is 17.7 Å². The van der Waals surface area contributed by atoms with E-state index in [1.807, 2.05) is 56.3 Å². The lowest BCUT2D eigenvalue weighted by Gasteiger charge is -2.10. The second-order valence-corrected chi connectivity index (χ2v) is 8.72. The number of carbonyl (C=O) groups excluding carboxylic acids is 1. The summed E-state index contributed by atoms with van der Waals surface area (Å²) in [5.74, 6) is 0.966. The molecule has 0 saturated carbocycles. The van der Waals surface area contributed by atoms with Gasteiger partial charge < -0.3 is 10.1 Å². The van der Waals surface area contributed by atoms with Crippen LogP contribution < -0.4 is 10.1 Å². The summed E-state index contributed by atoms with van der Waals surface area (Å²) in [6.45, 7) is 3.96. The van der Waals surface area contributed by atoms with Gasteiger partial charge in [0.1, 0.15) is 21.9 Å². The van der Waals surface area contributed by atoms with Crippen molar-refractivity contribution in [3.05, 3.63) is 66.3 Å². The molecule has 152 valence electrons. The fourth-order valence-corrected chi connectivity index (χ4v) is 4.80. The zero-order valence-corrected chi connectivity index (χ0v) is 18.3. The third-order valence-electron chi connectivity index (χ3n) is 4.27. The number of nitrogens with zero attached hydrogens (tertiary/aromatic N) is 2. The third-order valence-corrected chi connectivity index (χ3v) is 6.15. The Kier molecular flexibility index (Phi) is 6.30. The molecular weight excluding hydrogens is 414 g/mol. The number of ether oxygens (including phenoxy) is 1. The molecule has 0 aliphatic rings. The van der Waals surface area contributed by atoms with Gasteiger partial charge in [0.2, 0.25) is 5.91 Å². The number of hydrogen-bond donors (Lipinski definition) is 1. The van der Waals surface area contributed by atoms with Gasteiger partial charge in [0.15, 0.2) is 0 Å². The Morgan fingerprint density at radius 2 is 1.87 bits per heavy atom. The Labute approximate surface area is 183 Å². The van der Waals surface area contributed by atoms with Crippen LogP contribution in [0.5, 0.6) is 5.75 Å². The lowest BCUT2D eigenvalue weighted by atomic mass is 10.1. The summed E-state index contributed by atoms with van der Waals surface area (Å²) in [4.78, 5) is 22.2. The van der Waals surface area contributed by atoms with E-state index in [0.29, 0.717) is 0 Å². The number of rotatable bonds is 7. The van der Waals surface area contributed by atoms with E-state index < -0.39 is 0 Å². The molecule has 0 aliphatic heterocycles. The minimum Gasteiger partial charge on any atom is -0.491 e. The first-order chi connectivity index (χ1) is 14.6. The van der Waals surface area contributed by atoms with Crippen molar-refractivity contribution >= 4 is 44.9 Å². The molecule has 0 aliphatic carbocycles. The Balaban J connectivity index is 1.46. The monoisotopic (exact) mass is 435 g/mol. The average Bonchev–Trinajstić information content (AvgIpc) is 3.19. The van der Waals surface area contributed by atoms with E-state index >= 15 is 0 Å². The van der Waals surface area contributed by atoms with E-state index in [1.165, 1.54) is 11.8 Å². The van der Waals surface area contributed by atoms with Crippen LogP contribution in [-0.2, 0) is 4.79 Å². The minimum atomic E-state index is -0.0826. The third kappa shape index (κ3) is 4.80. The minimum absolute atomic E-state index is 0.0826. The largest absolute Gasteiger partial charge is 0.491 e. The number of thiophene rings is 1. The Hall–Kier alpha value is -2.90. The van der Waals surface area contributed by atoms with E-state index in [4.69, 9.17) is 4.74 Å². The van der Waals surface area contributed by atoms with Crippen LogP contribution >= 0.6 is 23.1 Å². The van der Waals surface area contributed by atoms with Gasteiger partial charge in [-0.05, 0) is 43.7 Å². The van der Waals surface area contributed by atoms with Crippen LogP contribution in [0.3, 0.4) is 0 Å². The number of aromatic nitrogens is 2. The number of amides is 1. The van der Waals surface area contributed by atoms with Crippen LogP contribution in [0.2, 0.25) is 0 Å². The molecule has 0 fully saturated rings. The van der Waals surface area contributed by atoms with Crippen LogP contribution in [0.4, 0.5) is 5.69 Å². The van der Waals surface area contributed by atoms with Gasteiger partial charge in [-0.15, -0.1) is 11.3 Å². The quantitative estimate of drug-likeness (QED) is 0.290. The summed E-state index contributed by atoms with van der Waals surface area (Å²) in [6, 6.07) is 17.6. The molecule has 2 heterocycles. The molecule has 0 atom stereocenters. The average molecular weight is 436 g/mol. The number of hydrogen-bond acceptors (Lipinski definition) is 6. The molecule has 30 heavy (non-hydrogen) atoms. The Morgan fingerprint density at radius 3 is 2.60 bits per heavy atom. The highest BCUT2D eigenvalue weighted by Crippen LogP contribution is 2.37. The SMILES string of the molecule is CC(C)Oc1ccc(NC(=O)CSc2ncnc3scc(-c4ccccc4)c23)cc1. The molecule has 0 spiro atoms. The first-order valence-corrected chi connectivity index (χ1v) is 11.4. The van der Waals surface area contributed by atoms with Crippen molar-refractivity contribution in [1.82, 2.24) is 9.97 Å². The molecule has 4 aromatic rings. The summed E-state index contributed by atoms with van der Waals surface area (Å²) in [5, 5.41) is 6.84. The van der Waals surface area contributed by atoms with Crippen LogP contribution in [-0.4, -0.2) is 27.7 Å². The predicted molar refractivity (Wildman–Crippen MR) is 124 cm³/mol. The Bertz CT molecular complexity index is 1140. The molecular formula is C23H21N3O2S2. The fourth-order valence-electron chi connectivity index (χ4n) is 3.01. The van der Waals surface area contributed by atoms with Gasteiger partial charge in [-0.1, -0.05) is 42.1 Å². The zero-order valence-electron chi connectivity index (χ0n) is 16.7. The smallest absolute Gasteiger partial charge is 0.234 e. The maximum absolute atomic E-state index is 12.5. The van der Waals surface area contributed by atoms with Crippen molar-refractivity contribution in [2.24, 2.45) is 0 Å². The molecule has 1 amide bonds. The number of benzene rings is 2. The van der Waals surface area contributed by atoms with Crippen molar-refractivity contribution in [2.45, 2.75) is 25.0 Å². The van der Waals surface area contributed by atoms with Gasteiger partial charge >= 0.3 is 0 Å². The van der Waals surface area contributed by atoms with Gasteiger partial charge in [-0.2, -0.15) is 0 Å². The van der Waals surface area contributed by atoms with Crippen molar-refractivity contribution in [3.8, 4) is 16.9 Å². The molecule has 2 aromatic heterocycles. The molecule has 0 bridgehead atoms. The number of thioether (sulfide) groups is 1. The highest BCUT2D eigenvalue weighted by atomic mass is 32.2. The van der Waals surface area contributed by atoms with Crippen molar-refractivity contribution in [2.75, 3.05) is 11.1 Å². The molecule has 0 unspecified atom stereocenters. The highest BCUT2D eigenvalue weighted by Gasteiger charge is 2.14. The number of nitrogens with one attached hydrogen (secondary N) is 1. The fraction of sp³-hybridized carbons (Fsp3) is 0.174. The molecule has 7 heteroatoms. The highest BCUT2D eigenvalue weighted by molar-refractivity contribution is 8.00. The number of carbonyl (C=O) groups is 1. The molecule has 0 saturated heterocycles. The van der Waals surface area contributed by atoms with E-state index in [2.05, 4.69) is 32.8 Å². The van der Waals surface area contributed by atoms with Crippen molar-refractivity contribution < 1.29 is 9.53 Å². The van der Waals surface area contributed by atoms with E-state index in [9.17, 15) is 4.79 Å². The van der Waals surface area contributed by atoms with Crippen molar-refractivity contribution in [3.63, 3.8) is 0 Å². The lowest BCUT2D eigenvalue weighted by molar-refractivity contribution is -0.113. The standard InChI is InChI=1S/C23H21N3O2S2/c1-15(2)28-18-10-8-17(9-11-18)26-20(27)13-30-23-21-19(16-6-4-3-5-7-16)12-29-22(21)24-14-25-23/h3-12,14-15H,13H2,1-2H3,(H,26,27). The van der Waals surface area contributed by atoms with Crippen LogP contribution in [0.25, 0.3) is 21.3 Å². The first kappa shape index (κ1) is 20.4. The maximum Gasteiger partial charge on any atom is 0.234 e. The van der Waals surface area contributed by atoms with Gasteiger partial charge in [0, 0.05) is 16.6 Å². The number of fused-ring (bicyclic) bond motifs is 1. The summed E-state index contributed by atoms with van der Waals surface area (Å²) in [6.07, 6.45) is 1.67. The molecule has 0 radical (unpaired) electrons. The summed E-state index contributed by atoms with van der Waals surface area (Å²) >= 11 is 3.01. The van der Waals surface area contributed by atoms with Crippen molar-refractivity contribution in [1.29, 1.82) is 0 Å². The molecule has 1 N–H and O–H groups in total. The molecule has 4 rings (SSSR count). The van der Waals surface area contributed by atoms with Gasteiger partial charge in [0.25, 0.3) is 0 Å². The number of anilines is 1. The van der Waals surface area contributed by atoms with Gasteiger partial charge in [0.05, 0.1) is 17.2 Å². The second kappa shape index (κ2) is 9.28. The second-order valence-electron chi connectivity index (χ2n) is 6.90. The van der Waals surface area contributed by atoms with Gasteiger partial charge in [-0.3, -0.25) is 4.79 Å². The van der Waals surface area contributed by atoms with E-state index in [-0.39, 0.29) is 17.8 Å². The first-order valence-electron chi connectivity index (χ1n) is 9.57. The lowest BCUT2D eigenvalue weighted by Crippen LogP contribution is -2.14. The van der Waals surface area contributed by atoms with Crippen LogP contribution in [0.15, 0.2) is 71.3 Å². The summed E-state index contributed by atoms with van der Waals surface area (Å²) in [7, 11) is 0. The topological polar surface area (TPSA) is 64.1 Å². The molecule has 2 aromatic carbocycles.